The van der Waals surface area contributed by atoms with Gasteiger partial charge in [-0.1, -0.05) is 132 Å². The van der Waals surface area contributed by atoms with Crippen LogP contribution in [0.25, 0.3) is 0 Å². The molecule has 0 aliphatic carbocycles. The molecule has 0 saturated heterocycles. The van der Waals surface area contributed by atoms with Crippen molar-refractivity contribution in [1.29, 1.82) is 0 Å². The van der Waals surface area contributed by atoms with E-state index >= 15 is 0 Å². The van der Waals surface area contributed by atoms with Gasteiger partial charge in [0.05, 0.1) is 0 Å². The predicted molar refractivity (Wildman–Crippen MR) is 198 cm³/mol. The quantitative estimate of drug-likeness (QED) is 0.128. The maximum atomic E-state index is 12.1. The summed E-state index contributed by atoms with van der Waals surface area (Å²) in [6.07, 6.45) is 0. The summed E-state index contributed by atoms with van der Waals surface area (Å²) in [5.74, 6) is 0.936. The summed E-state index contributed by atoms with van der Waals surface area (Å²) in [6.45, 7) is 25.1. The number of hydrogen-bond acceptors (Lipinski definition) is 8. The molecular weight excluding hydrogens is 736 g/mol. The van der Waals surface area contributed by atoms with Crippen LogP contribution in [0.15, 0.2) is 97.1 Å². The van der Waals surface area contributed by atoms with Crippen LogP contribution >= 0.6 is 15.6 Å². The first kappa shape index (κ1) is 44.2. The average molecular weight is 788 g/mol. The van der Waals surface area contributed by atoms with Crippen LogP contribution in [0.2, 0.25) is 0 Å². The Hall–Kier alpha value is -2.92. The molecule has 8 nitrogen and oxygen atoms in total. The maximum Gasteiger partial charge on any atom is 2.00 e. The Labute approximate surface area is 317 Å². The van der Waals surface area contributed by atoms with Gasteiger partial charge in [0.15, 0.2) is 0 Å². The van der Waals surface area contributed by atoms with Crippen LogP contribution in [-0.4, -0.2) is 0 Å². The minimum absolute atomic E-state index is 0. The van der Waals surface area contributed by atoms with Gasteiger partial charge in [-0.3, -0.25) is 0 Å². The molecule has 0 bridgehead atoms. The molecule has 11 heteroatoms. The van der Waals surface area contributed by atoms with Crippen molar-refractivity contribution in [3.63, 3.8) is 0 Å². The van der Waals surface area contributed by atoms with Crippen LogP contribution in [0.3, 0.4) is 0 Å². The number of phosphoric acid groups is 2. The Kier molecular flexibility index (Phi) is 14.6. The third-order valence-corrected chi connectivity index (χ3v) is 9.49. The molecule has 0 aliphatic heterocycles. The zero-order chi connectivity index (χ0) is 37.8. The van der Waals surface area contributed by atoms with Gasteiger partial charge in [0.1, 0.15) is 23.0 Å². The van der Waals surface area contributed by atoms with Crippen LogP contribution in [0.1, 0.15) is 105 Å². The summed E-state index contributed by atoms with van der Waals surface area (Å²) >= 11 is 0. The van der Waals surface area contributed by atoms with Crippen molar-refractivity contribution < 1.29 is 56.5 Å². The first-order valence-electron chi connectivity index (χ1n) is 16.6. The van der Waals surface area contributed by atoms with Crippen LogP contribution in [-0.2, 0) is 50.3 Å². The van der Waals surface area contributed by atoms with Gasteiger partial charge >= 0.3 is 35.1 Å². The van der Waals surface area contributed by atoms with Crippen molar-refractivity contribution in [1.82, 2.24) is 0 Å². The van der Waals surface area contributed by atoms with E-state index in [1.165, 1.54) is 0 Å². The minimum Gasteiger partial charge on any atom is -0.736 e. The van der Waals surface area contributed by atoms with E-state index in [9.17, 15) is 18.9 Å². The fourth-order valence-corrected chi connectivity index (χ4v) is 6.21. The van der Waals surface area contributed by atoms with Gasteiger partial charge in [-0.05, 0) is 92.4 Å². The zero-order valence-electron chi connectivity index (χ0n) is 32.1. The summed E-state index contributed by atoms with van der Waals surface area (Å²) < 4.78 is 44.4. The fraction of sp³-hybridized carbons (Fsp3) is 0.400. The van der Waals surface area contributed by atoms with Crippen molar-refractivity contribution in [3.8, 4) is 23.0 Å². The summed E-state index contributed by atoms with van der Waals surface area (Å²) in [6, 6.07) is 27.9. The molecule has 0 amide bonds. The Bertz CT molecular complexity index is 1520. The first-order chi connectivity index (χ1) is 22.7. The molecule has 0 saturated carbocycles. The summed E-state index contributed by atoms with van der Waals surface area (Å²) in [5.41, 5.74) is 4.35. The van der Waals surface area contributed by atoms with E-state index < -0.39 is 15.6 Å². The molecule has 0 radical (unpaired) electrons. The van der Waals surface area contributed by atoms with Gasteiger partial charge in [0.2, 0.25) is 0 Å². The summed E-state index contributed by atoms with van der Waals surface area (Å²) in [4.78, 5) is 24.2. The molecule has 0 unspecified atom stereocenters. The molecule has 272 valence electrons. The third-order valence-electron chi connectivity index (χ3n) is 7.75. The molecule has 0 fully saturated rings. The summed E-state index contributed by atoms with van der Waals surface area (Å²) in [7, 11) is -9.00. The molecule has 4 aromatic rings. The van der Waals surface area contributed by atoms with E-state index in [4.69, 9.17) is 18.1 Å². The van der Waals surface area contributed by atoms with Crippen LogP contribution in [0.4, 0.5) is 0 Å². The van der Waals surface area contributed by atoms with E-state index in [1.54, 1.807) is 48.5 Å². The Morgan fingerprint density at radius 3 is 0.608 bits per heavy atom. The molecule has 4 aromatic carbocycles. The Morgan fingerprint density at radius 2 is 0.490 bits per heavy atom. The van der Waals surface area contributed by atoms with E-state index in [2.05, 4.69) is 83.1 Å². The topological polar surface area (TPSA) is 117 Å². The third kappa shape index (κ3) is 14.6. The standard InChI is InChI=1S/2C20H27O4P.Zn/c2*1-19(2,3)15-7-11-17(12-8-15)23-25(21,22)24-18-13-9-16(10-14-18)20(4,5)6;/h2*7-14H,1-6H3,(H,21,22);/q;;+2/p-2. The number of hydrogen-bond donors (Lipinski definition) is 0. The van der Waals surface area contributed by atoms with Crippen LogP contribution in [0.5, 0.6) is 23.0 Å². The van der Waals surface area contributed by atoms with Gasteiger partial charge in [-0.2, -0.15) is 0 Å². The smallest absolute Gasteiger partial charge is 0.736 e. The van der Waals surface area contributed by atoms with Gasteiger partial charge < -0.3 is 27.9 Å². The number of phosphoric ester groups is 2. The van der Waals surface area contributed by atoms with Gasteiger partial charge in [-0.15, -0.1) is 0 Å². The van der Waals surface area contributed by atoms with Crippen molar-refractivity contribution in [2.24, 2.45) is 0 Å². The number of rotatable bonds is 8. The molecular formula is C40H52O8P2Zn. The molecule has 51 heavy (non-hydrogen) atoms. The van der Waals surface area contributed by atoms with E-state index in [0.717, 1.165) is 22.3 Å². The Balaban J connectivity index is 0.000000347. The van der Waals surface area contributed by atoms with Crippen molar-refractivity contribution in [3.05, 3.63) is 119 Å². The molecule has 0 atom stereocenters. The fourth-order valence-electron chi connectivity index (χ4n) is 4.62. The Morgan fingerprint density at radius 1 is 0.353 bits per heavy atom. The van der Waals surface area contributed by atoms with Gasteiger partial charge in [0.25, 0.3) is 0 Å². The second-order valence-corrected chi connectivity index (χ2v) is 18.9. The van der Waals surface area contributed by atoms with Gasteiger partial charge in [0, 0.05) is 0 Å². The molecule has 0 aliphatic rings. The minimum atomic E-state index is -4.50. The van der Waals surface area contributed by atoms with E-state index in [0.29, 0.717) is 0 Å². The SMILES string of the molecule is CC(C)(C)c1ccc(OP(=O)([O-])Oc2ccc(C(C)(C)C)cc2)cc1.CC(C)(C)c1ccc(OP(=O)([O-])Oc2ccc(C(C)(C)C)cc2)cc1.[Zn+2]. The molecule has 0 N–H and O–H groups in total. The molecule has 0 spiro atoms. The first-order valence-corrected chi connectivity index (χ1v) is 19.5. The van der Waals surface area contributed by atoms with Crippen molar-refractivity contribution in [2.75, 3.05) is 0 Å². The monoisotopic (exact) mass is 786 g/mol. The second kappa shape index (κ2) is 16.8. The normalized spacial score (nSPS) is 12.5. The van der Waals surface area contributed by atoms with Crippen LogP contribution < -0.4 is 27.9 Å². The largest absolute Gasteiger partial charge is 2.00 e. The molecule has 0 aromatic heterocycles. The predicted octanol–water partition coefficient (Wildman–Crippen LogP) is 10.4. The van der Waals surface area contributed by atoms with Crippen molar-refractivity contribution >= 4 is 15.6 Å². The van der Waals surface area contributed by atoms with Crippen LogP contribution in [0, 0.1) is 0 Å². The van der Waals surface area contributed by atoms with Gasteiger partial charge in [-0.25, -0.2) is 9.13 Å². The second-order valence-electron chi connectivity index (χ2n) is 16.4. The summed E-state index contributed by atoms with van der Waals surface area (Å²) in [5, 5.41) is 0. The number of benzene rings is 4. The van der Waals surface area contributed by atoms with E-state index in [1.807, 2.05) is 48.5 Å². The zero-order valence-corrected chi connectivity index (χ0v) is 36.9. The average Bonchev–Trinajstić information content (AvgIpc) is 2.96. The molecule has 4 rings (SSSR count). The molecule has 0 heterocycles. The maximum absolute atomic E-state index is 12.1. The van der Waals surface area contributed by atoms with E-state index in [-0.39, 0.29) is 64.1 Å². The van der Waals surface area contributed by atoms with Crippen molar-refractivity contribution in [2.45, 2.75) is 105 Å².